The quantitative estimate of drug-likeness (QED) is 0.522. The highest BCUT2D eigenvalue weighted by molar-refractivity contribution is 6.08. The van der Waals surface area contributed by atoms with Gasteiger partial charge in [-0.2, -0.15) is 0 Å². The molecule has 0 atom stereocenters. The minimum absolute atomic E-state index is 0.860. The third-order valence-electron chi connectivity index (χ3n) is 5.69. The van der Waals surface area contributed by atoms with Crippen LogP contribution in [-0.4, -0.2) is 14.5 Å². The van der Waals surface area contributed by atoms with Crippen molar-refractivity contribution < 1.29 is 0 Å². The Labute approximate surface area is 147 Å². The number of pyridine rings is 2. The second-order valence-corrected chi connectivity index (χ2v) is 7.22. The van der Waals surface area contributed by atoms with E-state index in [1.165, 1.54) is 57.9 Å². The first-order valence-electron chi connectivity index (χ1n) is 9.07. The molecule has 0 amide bonds. The summed E-state index contributed by atoms with van der Waals surface area (Å²) in [6, 6.07) is 13.1. The minimum atomic E-state index is 0.860. The maximum atomic E-state index is 4.71. The fourth-order valence-electron chi connectivity index (χ4n) is 3.94. The summed E-state index contributed by atoms with van der Waals surface area (Å²) in [5.74, 6) is 0.860. The van der Waals surface area contributed by atoms with E-state index < -0.39 is 0 Å². The van der Waals surface area contributed by atoms with E-state index >= 15 is 0 Å². The molecule has 0 radical (unpaired) electrons. The van der Waals surface area contributed by atoms with Crippen LogP contribution in [0.2, 0.25) is 0 Å². The summed E-state index contributed by atoms with van der Waals surface area (Å²) < 4.78 is 2.24. The lowest BCUT2D eigenvalue weighted by molar-refractivity contribution is 0.312. The molecule has 3 heterocycles. The van der Waals surface area contributed by atoms with Gasteiger partial charge in [-0.05, 0) is 36.1 Å². The lowest BCUT2D eigenvalue weighted by Gasteiger charge is -2.24. The van der Waals surface area contributed by atoms with E-state index in [0.29, 0.717) is 0 Å². The first-order valence-corrected chi connectivity index (χ1v) is 9.07. The summed E-state index contributed by atoms with van der Waals surface area (Å²) in [6.07, 6.45) is 11.1. The van der Waals surface area contributed by atoms with Crippen molar-refractivity contribution in [2.24, 2.45) is 13.0 Å². The molecule has 0 unspecified atom stereocenters. The number of hydrogen-bond donors (Lipinski definition) is 0. The zero-order valence-corrected chi connectivity index (χ0v) is 14.4. The number of fused-ring (bicyclic) bond motifs is 3. The molecule has 124 valence electrons. The largest absolute Gasteiger partial charge is 0.343 e. The van der Waals surface area contributed by atoms with Crippen molar-refractivity contribution in [3.05, 3.63) is 60.7 Å². The number of aromatic nitrogens is 3. The van der Waals surface area contributed by atoms with Crippen LogP contribution < -0.4 is 0 Å². The molecule has 3 nitrogen and oxygen atoms in total. The van der Waals surface area contributed by atoms with E-state index in [2.05, 4.69) is 53.0 Å². The Morgan fingerprint density at radius 2 is 1.84 bits per heavy atom. The zero-order valence-electron chi connectivity index (χ0n) is 14.4. The van der Waals surface area contributed by atoms with Gasteiger partial charge in [-0.15, -0.1) is 0 Å². The van der Waals surface area contributed by atoms with E-state index in [9.17, 15) is 0 Å². The van der Waals surface area contributed by atoms with Crippen LogP contribution in [0.15, 0.2) is 55.0 Å². The normalized spacial score (nSPS) is 14.9. The summed E-state index contributed by atoms with van der Waals surface area (Å²) in [5, 5.41) is 2.46. The van der Waals surface area contributed by atoms with Gasteiger partial charge >= 0.3 is 0 Å². The SMILES string of the molecule is Cn1c2ccncc2c2ccc(-c3ccc(CC4CCC4)nc3)cc21. The average Bonchev–Trinajstić information content (AvgIpc) is 2.91. The van der Waals surface area contributed by atoms with Crippen LogP contribution in [0, 0.1) is 5.92 Å². The highest BCUT2D eigenvalue weighted by Gasteiger charge is 2.18. The summed E-state index contributed by atoms with van der Waals surface area (Å²) in [6.45, 7) is 0. The molecule has 4 aromatic rings. The average molecular weight is 327 g/mol. The number of hydrogen-bond acceptors (Lipinski definition) is 2. The van der Waals surface area contributed by atoms with Crippen molar-refractivity contribution in [1.29, 1.82) is 0 Å². The van der Waals surface area contributed by atoms with Gasteiger partial charge in [0.15, 0.2) is 0 Å². The molecule has 1 aliphatic carbocycles. The van der Waals surface area contributed by atoms with Gasteiger partial charge < -0.3 is 4.57 Å². The molecule has 1 fully saturated rings. The maximum Gasteiger partial charge on any atom is 0.0519 e. The Hall–Kier alpha value is -2.68. The predicted molar refractivity (Wildman–Crippen MR) is 102 cm³/mol. The van der Waals surface area contributed by atoms with Crippen LogP contribution in [0.25, 0.3) is 32.9 Å². The maximum absolute atomic E-state index is 4.71. The molecule has 3 aromatic heterocycles. The number of nitrogens with zero attached hydrogens (tertiary/aromatic N) is 3. The van der Waals surface area contributed by atoms with Gasteiger partial charge in [-0.1, -0.05) is 37.5 Å². The Bertz CT molecular complexity index is 1060. The molecule has 5 rings (SSSR count). The van der Waals surface area contributed by atoms with Crippen LogP contribution in [0.1, 0.15) is 25.0 Å². The Morgan fingerprint density at radius 1 is 0.960 bits per heavy atom. The molecular weight excluding hydrogens is 306 g/mol. The van der Waals surface area contributed by atoms with Gasteiger partial charge in [-0.25, -0.2) is 0 Å². The Kier molecular flexibility index (Phi) is 3.34. The Morgan fingerprint density at radius 3 is 2.60 bits per heavy atom. The monoisotopic (exact) mass is 327 g/mol. The Balaban J connectivity index is 1.54. The fourth-order valence-corrected chi connectivity index (χ4v) is 3.94. The van der Waals surface area contributed by atoms with Gasteiger partial charge in [0.05, 0.1) is 5.52 Å². The predicted octanol–water partition coefficient (Wildman–Crippen LogP) is 5.13. The van der Waals surface area contributed by atoms with Crippen molar-refractivity contribution in [3.8, 4) is 11.1 Å². The molecule has 0 N–H and O–H groups in total. The van der Waals surface area contributed by atoms with Crippen molar-refractivity contribution in [1.82, 2.24) is 14.5 Å². The standard InChI is InChI=1S/C22H21N3/c1-25-21-9-10-23-14-20(21)19-8-6-16(12-22(19)25)17-5-7-18(24-13-17)11-15-3-2-4-15/h5-10,12-15H,2-4,11H2,1H3. The summed E-state index contributed by atoms with van der Waals surface area (Å²) >= 11 is 0. The van der Waals surface area contributed by atoms with Crippen LogP contribution >= 0.6 is 0 Å². The summed E-state index contributed by atoms with van der Waals surface area (Å²) in [5.41, 5.74) is 6.08. The van der Waals surface area contributed by atoms with Crippen LogP contribution in [-0.2, 0) is 13.5 Å². The lowest BCUT2D eigenvalue weighted by Crippen LogP contribution is -2.14. The second-order valence-electron chi connectivity index (χ2n) is 7.22. The molecule has 25 heavy (non-hydrogen) atoms. The van der Waals surface area contributed by atoms with Gasteiger partial charge in [0, 0.05) is 53.2 Å². The molecule has 1 aliphatic rings. The fraction of sp³-hybridized carbons (Fsp3) is 0.273. The molecular formula is C22H21N3. The van der Waals surface area contributed by atoms with Crippen LogP contribution in [0.4, 0.5) is 0 Å². The molecule has 1 aromatic carbocycles. The van der Waals surface area contributed by atoms with Gasteiger partial charge in [0.1, 0.15) is 0 Å². The summed E-state index contributed by atoms with van der Waals surface area (Å²) in [4.78, 5) is 8.98. The molecule has 0 spiro atoms. The van der Waals surface area contributed by atoms with E-state index in [1.807, 2.05) is 18.6 Å². The van der Waals surface area contributed by atoms with E-state index in [4.69, 9.17) is 4.98 Å². The van der Waals surface area contributed by atoms with Crippen LogP contribution in [0.3, 0.4) is 0 Å². The third-order valence-corrected chi connectivity index (χ3v) is 5.69. The zero-order chi connectivity index (χ0) is 16.8. The number of benzene rings is 1. The van der Waals surface area contributed by atoms with Crippen molar-refractivity contribution >= 4 is 21.8 Å². The third kappa shape index (κ3) is 2.42. The second kappa shape index (κ2) is 5.69. The van der Waals surface area contributed by atoms with E-state index in [0.717, 1.165) is 12.3 Å². The smallest absolute Gasteiger partial charge is 0.0519 e. The van der Waals surface area contributed by atoms with Crippen molar-refractivity contribution in [2.75, 3.05) is 0 Å². The topological polar surface area (TPSA) is 30.7 Å². The van der Waals surface area contributed by atoms with Gasteiger partial charge in [-0.3, -0.25) is 9.97 Å². The van der Waals surface area contributed by atoms with Crippen molar-refractivity contribution in [3.63, 3.8) is 0 Å². The highest BCUT2D eigenvalue weighted by atomic mass is 14.9. The molecule has 3 heteroatoms. The number of rotatable bonds is 3. The van der Waals surface area contributed by atoms with Gasteiger partial charge in [0.25, 0.3) is 0 Å². The van der Waals surface area contributed by atoms with Crippen molar-refractivity contribution in [2.45, 2.75) is 25.7 Å². The van der Waals surface area contributed by atoms with E-state index in [-0.39, 0.29) is 0 Å². The number of aryl methyl sites for hydroxylation is 1. The molecule has 0 saturated heterocycles. The van der Waals surface area contributed by atoms with Gasteiger partial charge in [0.2, 0.25) is 0 Å². The minimum Gasteiger partial charge on any atom is -0.343 e. The molecule has 0 aliphatic heterocycles. The van der Waals surface area contributed by atoms with E-state index in [1.54, 1.807) is 0 Å². The molecule has 1 saturated carbocycles. The first kappa shape index (κ1) is 14.6. The first-order chi connectivity index (χ1) is 12.3. The highest BCUT2D eigenvalue weighted by Crippen LogP contribution is 2.32. The molecule has 0 bridgehead atoms. The lowest BCUT2D eigenvalue weighted by atomic mass is 9.82. The summed E-state index contributed by atoms with van der Waals surface area (Å²) in [7, 11) is 2.12. The van der Waals surface area contributed by atoms with Crippen LogP contribution in [0.5, 0.6) is 0 Å².